The molecule has 1 amide bonds. The molecule has 0 bridgehead atoms. The van der Waals surface area contributed by atoms with Gasteiger partial charge in [0.2, 0.25) is 5.91 Å². The second-order valence-electron chi connectivity index (χ2n) is 5.69. The maximum Gasteiger partial charge on any atom is 0.223 e. The first-order chi connectivity index (χ1) is 8.05. The molecule has 0 aromatic heterocycles. The van der Waals surface area contributed by atoms with Crippen LogP contribution in [-0.2, 0) is 4.79 Å². The van der Waals surface area contributed by atoms with Crippen LogP contribution in [0, 0.1) is 5.41 Å². The number of carbonyl (C=O) groups excluding carboxylic acids is 1. The Morgan fingerprint density at radius 2 is 1.94 bits per heavy atom. The molecule has 0 radical (unpaired) electrons. The van der Waals surface area contributed by atoms with Gasteiger partial charge in [-0.05, 0) is 19.3 Å². The number of nitrogens with zero attached hydrogens (tertiary/aromatic N) is 1. The van der Waals surface area contributed by atoms with Gasteiger partial charge in [0.1, 0.15) is 0 Å². The van der Waals surface area contributed by atoms with E-state index in [1.165, 1.54) is 6.42 Å². The molecule has 1 aliphatic heterocycles. The summed E-state index contributed by atoms with van der Waals surface area (Å²) in [5.74, 6) is 0.263. The van der Waals surface area contributed by atoms with E-state index in [0.717, 1.165) is 32.5 Å². The van der Waals surface area contributed by atoms with E-state index in [0.29, 0.717) is 13.0 Å². The van der Waals surface area contributed by atoms with Gasteiger partial charge in [-0.3, -0.25) is 4.79 Å². The van der Waals surface area contributed by atoms with Gasteiger partial charge in [0, 0.05) is 44.6 Å². The van der Waals surface area contributed by atoms with Crippen LogP contribution < -0.4 is 5.32 Å². The number of nitrogens with one attached hydrogen (secondary N) is 1. The van der Waals surface area contributed by atoms with Gasteiger partial charge in [-0.2, -0.15) is 0 Å². The van der Waals surface area contributed by atoms with Crippen LogP contribution in [0.1, 0.15) is 39.5 Å². The second-order valence-corrected chi connectivity index (χ2v) is 5.69. The van der Waals surface area contributed by atoms with E-state index in [9.17, 15) is 4.79 Å². The number of hydrogen-bond donors (Lipinski definition) is 2. The quantitative estimate of drug-likeness (QED) is 0.683. The Bertz CT molecular complexity index is 236. The molecule has 0 aromatic rings. The largest absolute Gasteiger partial charge is 0.396 e. The molecule has 2 N–H and O–H groups in total. The summed E-state index contributed by atoms with van der Waals surface area (Å²) in [6, 6.07) is 0. The van der Waals surface area contributed by atoms with Crippen molar-refractivity contribution in [3.63, 3.8) is 0 Å². The zero-order chi connectivity index (χ0) is 12.7. The number of carbonyl (C=O) groups is 1. The lowest BCUT2D eigenvalue weighted by atomic mass is 9.95. The molecule has 0 aromatic carbocycles. The van der Waals surface area contributed by atoms with Crippen molar-refractivity contribution in [3.8, 4) is 0 Å². The Balaban J connectivity index is 2.11. The van der Waals surface area contributed by atoms with Crippen molar-refractivity contribution >= 4 is 5.91 Å². The Morgan fingerprint density at radius 1 is 1.29 bits per heavy atom. The lowest BCUT2D eigenvalue weighted by Crippen LogP contribution is -2.38. The molecular formula is C13H26N2O2. The maximum absolute atomic E-state index is 11.8. The first kappa shape index (κ1) is 14.5. The molecule has 17 heavy (non-hydrogen) atoms. The van der Waals surface area contributed by atoms with Crippen LogP contribution in [0.3, 0.4) is 0 Å². The summed E-state index contributed by atoms with van der Waals surface area (Å²) in [6.07, 6.45) is 4.13. The number of amides is 1. The van der Waals surface area contributed by atoms with E-state index >= 15 is 0 Å². The minimum Gasteiger partial charge on any atom is -0.396 e. The van der Waals surface area contributed by atoms with E-state index in [1.54, 1.807) is 0 Å². The highest BCUT2D eigenvalue weighted by molar-refractivity contribution is 5.76. The molecule has 0 spiro atoms. The number of aliphatic hydroxyl groups is 1. The number of piperidine rings is 1. The third-order valence-corrected chi connectivity index (χ3v) is 3.26. The zero-order valence-corrected chi connectivity index (χ0v) is 11.2. The molecule has 1 fully saturated rings. The number of rotatable bonds is 6. The van der Waals surface area contributed by atoms with E-state index in [2.05, 4.69) is 5.32 Å². The number of hydrogen-bond acceptors (Lipinski definition) is 3. The highest BCUT2D eigenvalue weighted by atomic mass is 16.3. The van der Waals surface area contributed by atoms with Crippen LogP contribution in [0.25, 0.3) is 0 Å². The fourth-order valence-corrected chi connectivity index (χ4v) is 1.98. The fourth-order valence-electron chi connectivity index (χ4n) is 1.98. The third kappa shape index (κ3) is 5.50. The monoisotopic (exact) mass is 242 g/mol. The van der Waals surface area contributed by atoms with Crippen molar-refractivity contribution in [2.24, 2.45) is 5.41 Å². The predicted molar refractivity (Wildman–Crippen MR) is 68.8 cm³/mol. The predicted octanol–water partition coefficient (Wildman–Crippen LogP) is 0.997. The SMILES string of the molecule is CC(C)(CO)CNCCC(=O)N1CCCCC1. The average Bonchev–Trinajstić information content (AvgIpc) is 2.35. The summed E-state index contributed by atoms with van der Waals surface area (Å²) in [7, 11) is 0. The van der Waals surface area contributed by atoms with Crippen molar-refractivity contribution in [1.29, 1.82) is 0 Å². The number of likely N-dealkylation sites (tertiary alicyclic amines) is 1. The summed E-state index contributed by atoms with van der Waals surface area (Å²) in [6.45, 7) is 7.50. The standard InChI is InChI=1S/C13H26N2O2/c1-13(2,11-16)10-14-7-6-12(17)15-8-4-3-5-9-15/h14,16H,3-11H2,1-2H3. The lowest BCUT2D eigenvalue weighted by Gasteiger charge is -2.27. The molecule has 4 heteroatoms. The topological polar surface area (TPSA) is 52.6 Å². The summed E-state index contributed by atoms with van der Waals surface area (Å²) in [5.41, 5.74) is -0.103. The molecule has 1 aliphatic rings. The zero-order valence-electron chi connectivity index (χ0n) is 11.2. The Labute approximate surface area is 104 Å². The van der Waals surface area contributed by atoms with Gasteiger partial charge in [0.25, 0.3) is 0 Å². The van der Waals surface area contributed by atoms with Crippen molar-refractivity contribution in [2.75, 3.05) is 32.8 Å². The molecule has 1 saturated heterocycles. The molecule has 0 aliphatic carbocycles. The van der Waals surface area contributed by atoms with Gasteiger partial charge in [-0.25, -0.2) is 0 Å². The Morgan fingerprint density at radius 3 is 2.53 bits per heavy atom. The van der Waals surface area contributed by atoms with Crippen LogP contribution in [0.2, 0.25) is 0 Å². The van der Waals surface area contributed by atoms with E-state index in [-0.39, 0.29) is 17.9 Å². The maximum atomic E-state index is 11.8. The van der Waals surface area contributed by atoms with Gasteiger partial charge in [0.15, 0.2) is 0 Å². The van der Waals surface area contributed by atoms with Crippen LogP contribution in [0.15, 0.2) is 0 Å². The smallest absolute Gasteiger partial charge is 0.223 e. The van der Waals surface area contributed by atoms with Gasteiger partial charge in [0.05, 0.1) is 0 Å². The van der Waals surface area contributed by atoms with E-state index < -0.39 is 0 Å². The minimum atomic E-state index is -0.103. The first-order valence-electron chi connectivity index (χ1n) is 6.64. The first-order valence-corrected chi connectivity index (χ1v) is 6.64. The highest BCUT2D eigenvalue weighted by Gasteiger charge is 2.17. The van der Waals surface area contributed by atoms with Gasteiger partial charge in [-0.1, -0.05) is 13.8 Å². The van der Waals surface area contributed by atoms with Gasteiger partial charge >= 0.3 is 0 Å². The Hall–Kier alpha value is -0.610. The van der Waals surface area contributed by atoms with Crippen molar-refractivity contribution < 1.29 is 9.90 Å². The molecule has 0 saturated carbocycles. The van der Waals surface area contributed by atoms with E-state index in [4.69, 9.17) is 5.11 Å². The van der Waals surface area contributed by atoms with Crippen LogP contribution >= 0.6 is 0 Å². The summed E-state index contributed by atoms with van der Waals surface area (Å²) < 4.78 is 0. The summed E-state index contributed by atoms with van der Waals surface area (Å²) >= 11 is 0. The fraction of sp³-hybridized carbons (Fsp3) is 0.923. The molecule has 0 unspecified atom stereocenters. The van der Waals surface area contributed by atoms with Crippen LogP contribution in [0.4, 0.5) is 0 Å². The van der Waals surface area contributed by atoms with Gasteiger partial charge in [-0.15, -0.1) is 0 Å². The molecule has 100 valence electrons. The summed E-state index contributed by atoms with van der Waals surface area (Å²) in [4.78, 5) is 13.8. The van der Waals surface area contributed by atoms with Gasteiger partial charge < -0.3 is 15.3 Å². The number of aliphatic hydroxyl groups excluding tert-OH is 1. The molecule has 0 atom stereocenters. The molecule has 4 nitrogen and oxygen atoms in total. The van der Waals surface area contributed by atoms with Crippen molar-refractivity contribution in [1.82, 2.24) is 10.2 Å². The molecular weight excluding hydrogens is 216 g/mol. The second kappa shape index (κ2) is 6.97. The average molecular weight is 242 g/mol. The van der Waals surface area contributed by atoms with Crippen LogP contribution in [-0.4, -0.2) is 48.7 Å². The molecule has 1 heterocycles. The Kier molecular flexibility index (Phi) is 5.92. The van der Waals surface area contributed by atoms with E-state index in [1.807, 2.05) is 18.7 Å². The normalized spacial score (nSPS) is 17.2. The van der Waals surface area contributed by atoms with Crippen molar-refractivity contribution in [2.45, 2.75) is 39.5 Å². The lowest BCUT2D eigenvalue weighted by molar-refractivity contribution is -0.132. The minimum absolute atomic E-state index is 0.103. The highest BCUT2D eigenvalue weighted by Crippen LogP contribution is 2.12. The third-order valence-electron chi connectivity index (χ3n) is 3.26. The van der Waals surface area contributed by atoms with Crippen molar-refractivity contribution in [3.05, 3.63) is 0 Å². The molecule has 1 rings (SSSR count). The summed E-state index contributed by atoms with van der Waals surface area (Å²) in [5, 5.41) is 12.3. The van der Waals surface area contributed by atoms with Crippen LogP contribution in [0.5, 0.6) is 0 Å².